The molecule has 2 amide bonds. The van der Waals surface area contributed by atoms with Crippen LogP contribution in [0.5, 0.6) is 0 Å². The van der Waals surface area contributed by atoms with Gasteiger partial charge in [-0.2, -0.15) is 0 Å². The second-order valence-corrected chi connectivity index (χ2v) is 19.7. The van der Waals surface area contributed by atoms with Crippen molar-refractivity contribution < 1.29 is 37.5 Å². The second-order valence-electron chi connectivity index (χ2n) is 15.8. The van der Waals surface area contributed by atoms with Crippen LogP contribution in [0.15, 0.2) is 12.2 Å². The van der Waals surface area contributed by atoms with E-state index in [1.54, 1.807) is 47.1 Å². The Balaban J connectivity index is 2.53. The van der Waals surface area contributed by atoms with Crippen molar-refractivity contribution >= 4 is 27.9 Å². The zero-order valence-electron chi connectivity index (χ0n) is 29.6. The molecule has 1 rings (SSSR count). The van der Waals surface area contributed by atoms with Crippen molar-refractivity contribution in [1.29, 1.82) is 0 Å². The number of amides is 2. The first kappa shape index (κ1) is 40.0. The zero-order chi connectivity index (χ0) is 34.2. The van der Waals surface area contributed by atoms with Gasteiger partial charge in [0.1, 0.15) is 17.8 Å². The van der Waals surface area contributed by atoms with Crippen molar-refractivity contribution in [3.8, 4) is 0 Å². The van der Waals surface area contributed by atoms with Crippen LogP contribution in [0.4, 0.5) is 9.59 Å². The van der Waals surface area contributed by atoms with Gasteiger partial charge in [-0.3, -0.25) is 9.00 Å². The number of nitrogens with one attached hydrogen (secondary N) is 2. The van der Waals surface area contributed by atoms with E-state index in [4.69, 9.17) is 18.9 Å². The number of rotatable bonds is 17. The predicted octanol–water partition coefficient (Wildman–Crippen LogP) is 5.59. The monoisotopic (exact) mass is 646 g/mol. The molecule has 258 valence electrons. The summed E-state index contributed by atoms with van der Waals surface area (Å²) >= 11 is 0. The second kappa shape index (κ2) is 15.5. The van der Waals surface area contributed by atoms with E-state index < -0.39 is 33.3 Å². The van der Waals surface area contributed by atoms with E-state index in [0.717, 1.165) is 12.8 Å². The van der Waals surface area contributed by atoms with E-state index in [1.165, 1.54) is 0 Å². The molecule has 0 saturated heterocycles. The number of ketones is 1. The van der Waals surface area contributed by atoms with Crippen LogP contribution in [-0.2, 0) is 33.7 Å². The molecule has 1 saturated carbocycles. The number of Topliss-reactive ketones (excluding diaryl/α,β-unsaturated/α-hetero) is 1. The number of ether oxygens (including phenoxy) is 4. The fourth-order valence-corrected chi connectivity index (χ4v) is 6.35. The molecule has 1 aliphatic carbocycles. The van der Waals surface area contributed by atoms with Gasteiger partial charge in [-0.25, -0.2) is 9.59 Å². The summed E-state index contributed by atoms with van der Waals surface area (Å²) in [7, 11) is -2.24. The number of hydrogen-bond donors (Lipinski definition) is 3. The molecule has 0 bridgehead atoms. The van der Waals surface area contributed by atoms with E-state index in [9.17, 15) is 18.6 Å². The molecule has 2 atom stereocenters. The largest absolute Gasteiger partial charge is 0.447 e. The van der Waals surface area contributed by atoms with Crippen LogP contribution >= 0.6 is 0 Å². The molecule has 0 aromatic rings. The van der Waals surface area contributed by atoms with Gasteiger partial charge in [0.25, 0.3) is 0 Å². The Bertz CT molecular complexity index is 1060. The van der Waals surface area contributed by atoms with Crippen molar-refractivity contribution in [2.75, 3.05) is 45.5 Å². The third-order valence-corrected chi connectivity index (χ3v) is 11.8. The molecule has 0 aromatic carbocycles. The maximum atomic E-state index is 12.8. The highest BCUT2D eigenvalue weighted by atomic mass is 32.2. The molecule has 11 heteroatoms. The molecule has 0 aliphatic heterocycles. The van der Waals surface area contributed by atoms with E-state index in [0.29, 0.717) is 38.0 Å². The highest BCUT2D eigenvalue weighted by Gasteiger charge is 2.42. The summed E-state index contributed by atoms with van der Waals surface area (Å²) in [6.07, 6.45) is 5.98. The maximum absolute atomic E-state index is 12.8. The Morgan fingerprint density at radius 2 is 1.52 bits per heavy atom. The third-order valence-electron chi connectivity index (χ3n) is 8.67. The summed E-state index contributed by atoms with van der Waals surface area (Å²) < 4.78 is 34.5. The topological polar surface area (TPSA) is 129 Å². The summed E-state index contributed by atoms with van der Waals surface area (Å²) in [6.45, 7) is 24.2. The molecule has 1 aliphatic rings. The van der Waals surface area contributed by atoms with Crippen molar-refractivity contribution in [2.24, 2.45) is 10.8 Å². The molecular weight excluding hydrogens is 584 g/mol. The lowest BCUT2D eigenvalue weighted by Crippen LogP contribution is -2.51. The number of thiol groups is 1. The average molecular weight is 647 g/mol. The lowest BCUT2D eigenvalue weighted by atomic mass is 9.62. The van der Waals surface area contributed by atoms with Gasteiger partial charge in [-0.05, 0) is 89.2 Å². The molecule has 0 radical (unpaired) electrons. The zero-order valence-corrected chi connectivity index (χ0v) is 30.5. The summed E-state index contributed by atoms with van der Waals surface area (Å²) in [6, 6.07) is -0.113. The van der Waals surface area contributed by atoms with Crippen LogP contribution in [0.3, 0.4) is 0 Å². The first-order valence-electron chi connectivity index (χ1n) is 15.7. The van der Waals surface area contributed by atoms with Gasteiger partial charge in [0, 0.05) is 30.4 Å². The minimum atomic E-state index is -2.24. The standard InChI is InChI=1S/C33H62N2O8S/c1-24(2)26(36)32(9,10)42-17-14-30(5,6)43-27(37)34-23-33(11)21-25(20-29(3,4)22-33)35-28(38)41-19-18-40-16-15-31(7,8)44(12,13)39/h25,44H,1,14-23H2,2-13H3,(H,34,37)(H,35,38). The molecule has 0 aromatic heterocycles. The minimum Gasteiger partial charge on any atom is -0.447 e. The highest BCUT2D eigenvalue weighted by Crippen LogP contribution is 2.45. The Morgan fingerprint density at radius 3 is 2.09 bits per heavy atom. The number of hydrogen-bond acceptors (Lipinski definition) is 8. The quantitative estimate of drug-likeness (QED) is 0.106. The van der Waals surface area contributed by atoms with Crippen LogP contribution in [0.25, 0.3) is 0 Å². The average Bonchev–Trinajstić information content (AvgIpc) is 2.81. The molecule has 44 heavy (non-hydrogen) atoms. The smallest absolute Gasteiger partial charge is 0.407 e. The van der Waals surface area contributed by atoms with Crippen LogP contribution in [-0.4, -0.2) is 89.7 Å². The van der Waals surface area contributed by atoms with Gasteiger partial charge in [0.15, 0.2) is 5.78 Å². The fourth-order valence-electron chi connectivity index (χ4n) is 5.72. The summed E-state index contributed by atoms with van der Waals surface area (Å²) in [4.78, 5) is 37.6. The highest BCUT2D eigenvalue weighted by molar-refractivity contribution is 8.02. The number of carbonyl (C=O) groups is 3. The van der Waals surface area contributed by atoms with E-state index in [2.05, 4.69) is 38.0 Å². The minimum absolute atomic E-state index is 0.0604. The van der Waals surface area contributed by atoms with E-state index in [1.807, 2.05) is 13.8 Å². The Hall–Kier alpha value is -1.98. The van der Waals surface area contributed by atoms with Crippen molar-refractivity contribution in [3.05, 3.63) is 12.2 Å². The first-order valence-corrected chi connectivity index (χ1v) is 18.3. The third kappa shape index (κ3) is 14.0. The fraction of sp³-hybridized carbons (Fsp3) is 0.848. The molecule has 0 heterocycles. The van der Waals surface area contributed by atoms with Crippen LogP contribution < -0.4 is 10.6 Å². The normalized spacial score (nSPS) is 21.2. The van der Waals surface area contributed by atoms with Crippen LogP contribution in [0.1, 0.15) is 101 Å². The summed E-state index contributed by atoms with van der Waals surface area (Å²) in [5.41, 5.74) is -1.70. The number of carbonyl (C=O) groups excluding carboxylic acids is 3. The molecule has 10 nitrogen and oxygen atoms in total. The van der Waals surface area contributed by atoms with Gasteiger partial charge in [0.05, 0.1) is 13.2 Å². The number of alkyl carbamates (subject to hydrolysis) is 2. The Labute approximate surface area is 267 Å². The Morgan fingerprint density at radius 1 is 0.909 bits per heavy atom. The maximum Gasteiger partial charge on any atom is 0.407 e. The van der Waals surface area contributed by atoms with Gasteiger partial charge >= 0.3 is 12.2 Å². The van der Waals surface area contributed by atoms with E-state index >= 15 is 0 Å². The molecule has 0 spiro atoms. The SMILES string of the molecule is C=C(C)C(=O)C(C)(C)OCCC(C)(C)OC(=O)NCC1(C)CC(NC(=O)OCCOCCC(C)(C)[SH](C)(C)=O)CC(C)(C)C1. The van der Waals surface area contributed by atoms with Crippen LogP contribution in [0.2, 0.25) is 0 Å². The van der Waals surface area contributed by atoms with Gasteiger partial charge in [-0.15, -0.1) is 9.93 Å². The summed E-state index contributed by atoms with van der Waals surface area (Å²) in [5, 5.41) is 5.93. The van der Waals surface area contributed by atoms with Crippen molar-refractivity contribution in [3.63, 3.8) is 0 Å². The lowest BCUT2D eigenvalue weighted by Gasteiger charge is -2.46. The van der Waals surface area contributed by atoms with Crippen molar-refractivity contribution in [2.45, 2.75) is 123 Å². The first-order chi connectivity index (χ1) is 19.8. The molecular formula is C33H62N2O8S. The molecule has 2 N–H and O–H groups in total. The van der Waals surface area contributed by atoms with Crippen molar-refractivity contribution in [1.82, 2.24) is 10.6 Å². The molecule has 2 unspecified atom stereocenters. The lowest BCUT2D eigenvalue weighted by molar-refractivity contribution is -0.138. The molecule has 1 fully saturated rings. The Kier molecular flexibility index (Phi) is 14.1. The van der Waals surface area contributed by atoms with Crippen LogP contribution in [0, 0.1) is 10.8 Å². The van der Waals surface area contributed by atoms with E-state index in [-0.39, 0.29) is 47.2 Å². The van der Waals surface area contributed by atoms with Gasteiger partial charge < -0.3 is 29.6 Å². The van der Waals surface area contributed by atoms with Gasteiger partial charge in [0.2, 0.25) is 0 Å². The summed E-state index contributed by atoms with van der Waals surface area (Å²) in [5.74, 6) is -0.162. The van der Waals surface area contributed by atoms with Gasteiger partial charge in [-0.1, -0.05) is 41.2 Å². The predicted molar refractivity (Wildman–Crippen MR) is 178 cm³/mol.